The molecule has 1 spiro atoms. The van der Waals surface area contributed by atoms with Crippen LogP contribution in [-0.2, 0) is 4.79 Å². The van der Waals surface area contributed by atoms with E-state index in [9.17, 15) is 14.4 Å². The second-order valence-electron chi connectivity index (χ2n) is 4.70. The smallest absolute Gasteiger partial charge is 0.322 e. The van der Waals surface area contributed by atoms with Crippen LogP contribution in [0.2, 0.25) is 0 Å². The zero-order valence-electron chi connectivity index (χ0n) is 10.0. The molecule has 0 saturated carbocycles. The lowest BCUT2D eigenvalue weighted by atomic mass is 10.00. The number of nitrogens with zero attached hydrogens (tertiary/aromatic N) is 1. The maximum absolute atomic E-state index is 12.4. The quantitative estimate of drug-likeness (QED) is 0.676. The molecule has 2 aliphatic heterocycles. The normalized spacial score (nSPS) is 25.2. The van der Waals surface area contributed by atoms with E-state index in [4.69, 9.17) is 0 Å². The zero-order chi connectivity index (χ0) is 14.5. The van der Waals surface area contributed by atoms with Crippen molar-refractivity contribution in [1.82, 2.24) is 15.5 Å². The Labute approximate surface area is 135 Å². The van der Waals surface area contributed by atoms with Crippen LogP contribution in [0.1, 0.15) is 16.1 Å². The summed E-state index contributed by atoms with van der Waals surface area (Å²) >= 11 is 8.02. The standard InChI is InChI=1S/C11H9Br2N3O3S/c12-5-3-6(20-7(5)13)8(17)16-2-1-11(4-16)9(18)14-10(19)15-11/h3H,1-2,4H2,(H2,14,15,18,19). The molecule has 2 saturated heterocycles. The average molecular weight is 423 g/mol. The summed E-state index contributed by atoms with van der Waals surface area (Å²) in [7, 11) is 0. The number of hydrogen-bond acceptors (Lipinski definition) is 4. The van der Waals surface area contributed by atoms with Gasteiger partial charge in [0, 0.05) is 11.0 Å². The van der Waals surface area contributed by atoms with Crippen molar-refractivity contribution in [3.05, 3.63) is 19.2 Å². The van der Waals surface area contributed by atoms with Crippen molar-refractivity contribution in [3.8, 4) is 0 Å². The van der Waals surface area contributed by atoms with Gasteiger partial charge in [0.1, 0.15) is 5.54 Å². The molecule has 1 atom stereocenters. The van der Waals surface area contributed by atoms with E-state index in [2.05, 4.69) is 42.5 Å². The Kier molecular flexibility index (Phi) is 3.38. The van der Waals surface area contributed by atoms with Crippen LogP contribution in [0.15, 0.2) is 14.3 Å². The number of urea groups is 1. The average Bonchev–Trinajstić information content (AvgIpc) is 3.02. The van der Waals surface area contributed by atoms with E-state index >= 15 is 0 Å². The monoisotopic (exact) mass is 421 g/mol. The maximum Gasteiger partial charge on any atom is 0.322 e. The molecule has 1 aromatic heterocycles. The SMILES string of the molecule is O=C1NC(=O)C2(CCN(C(=O)c3cc(Br)c(Br)s3)C2)N1. The lowest BCUT2D eigenvalue weighted by Crippen LogP contribution is -2.49. The highest BCUT2D eigenvalue weighted by Gasteiger charge is 2.51. The van der Waals surface area contributed by atoms with Crippen molar-refractivity contribution < 1.29 is 14.4 Å². The topological polar surface area (TPSA) is 78.5 Å². The van der Waals surface area contributed by atoms with Crippen LogP contribution in [-0.4, -0.2) is 41.4 Å². The van der Waals surface area contributed by atoms with E-state index in [1.807, 2.05) is 0 Å². The lowest BCUT2D eigenvalue weighted by Gasteiger charge is -2.20. The van der Waals surface area contributed by atoms with Gasteiger partial charge >= 0.3 is 6.03 Å². The first-order chi connectivity index (χ1) is 9.41. The Balaban J connectivity index is 1.79. The Hall–Kier alpha value is -0.930. The molecule has 1 unspecified atom stereocenters. The Morgan fingerprint density at radius 1 is 1.40 bits per heavy atom. The fourth-order valence-electron chi connectivity index (χ4n) is 2.41. The summed E-state index contributed by atoms with van der Waals surface area (Å²) in [6.45, 7) is 0.649. The number of carbonyl (C=O) groups is 3. The molecule has 3 rings (SSSR count). The molecule has 0 aromatic carbocycles. The Morgan fingerprint density at radius 3 is 2.70 bits per heavy atom. The first-order valence-corrected chi connectivity index (χ1v) is 8.19. The highest BCUT2D eigenvalue weighted by molar-refractivity contribution is 9.13. The molecular weight excluding hydrogens is 414 g/mol. The van der Waals surface area contributed by atoms with Crippen molar-refractivity contribution in [2.24, 2.45) is 0 Å². The minimum Gasteiger partial charge on any atom is -0.335 e. The van der Waals surface area contributed by atoms with Gasteiger partial charge in [-0.25, -0.2) is 4.79 Å². The van der Waals surface area contributed by atoms with Crippen LogP contribution in [0.3, 0.4) is 0 Å². The second-order valence-corrected chi connectivity index (χ2v) is 7.92. The predicted octanol–water partition coefficient (Wildman–Crippen LogP) is 1.70. The molecule has 9 heteroatoms. The molecule has 106 valence electrons. The third kappa shape index (κ3) is 2.17. The highest BCUT2D eigenvalue weighted by atomic mass is 79.9. The lowest BCUT2D eigenvalue weighted by molar-refractivity contribution is -0.123. The van der Waals surface area contributed by atoms with Gasteiger partial charge in [0.15, 0.2) is 0 Å². The number of hydrogen-bond donors (Lipinski definition) is 2. The van der Waals surface area contributed by atoms with Crippen molar-refractivity contribution in [3.63, 3.8) is 0 Å². The van der Waals surface area contributed by atoms with Crippen LogP contribution in [0.4, 0.5) is 4.79 Å². The molecule has 0 bridgehead atoms. The van der Waals surface area contributed by atoms with Gasteiger partial charge in [-0.1, -0.05) is 0 Å². The van der Waals surface area contributed by atoms with E-state index in [1.54, 1.807) is 11.0 Å². The number of carbonyl (C=O) groups excluding carboxylic acids is 3. The first kappa shape index (κ1) is 14.0. The largest absolute Gasteiger partial charge is 0.335 e. The number of thiophene rings is 1. The summed E-state index contributed by atoms with van der Waals surface area (Å²) in [5.41, 5.74) is -0.960. The van der Waals surface area contributed by atoms with E-state index in [0.29, 0.717) is 17.8 Å². The van der Waals surface area contributed by atoms with Crippen molar-refractivity contribution in [2.45, 2.75) is 12.0 Å². The molecule has 20 heavy (non-hydrogen) atoms. The number of likely N-dealkylation sites (tertiary alicyclic amines) is 1. The van der Waals surface area contributed by atoms with Gasteiger partial charge in [-0.3, -0.25) is 14.9 Å². The van der Waals surface area contributed by atoms with Gasteiger partial charge in [0.05, 0.1) is 15.2 Å². The number of imide groups is 1. The number of halogens is 2. The van der Waals surface area contributed by atoms with Crippen molar-refractivity contribution in [2.75, 3.05) is 13.1 Å². The Bertz CT molecular complexity index is 613. The maximum atomic E-state index is 12.4. The summed E-state index contributed by atoms with van der Waals surface area (Å²) in [6.07, 6.45) is 0.435. The number of nitrogens with one attached hydrogen (secondary N) is 2. The fraction of sp³-hybridized carbons (Fsp3) is 0.364. The van der Waals surface area contributed by atoms with Crippen molar-refractivity contribution >= 4 is 61.0 Å². The molecule has 2 N–H and O–H groups in total. The predicted molar refractivity (Wildman–Crippen MR) is 79.6 cm³/mol. The molecule has 3 heterocycles. The van der Waals surface area contributed by atoms with E-state index in [1.165, 1.54) is 11.3 Å². The number of rotatable bonds is 1. The van der Waals surface area contributed by atoms with Gasteiger partial charge in [-0.2, -0.15) is 0 Å². The molecule has 6 nitrogen and oxygen atoms in total. The third-order valence-corrected chi connectivity index (χ3v) is 6.67. The Morgan fingerprint density at radius 2 is 2.15 bits per heavy atom. The summed E-state index contributed by atoms with van der Waals surface area (Å²) in [6, 6.07) is 1.25. The zero-order valence-corrected chi connectivity index (χ0v) is 14.0. The minimum atomic E-state index is -0.960. The first-order valence-electron chi connectivity index (χ1n) is 5.79. The van der Waals surface area contributed by atoms with Gasteiger partial charge in [-0.05, 0) is 44.3 Å². The van der Waals surface area contributed by atoms with Crippen LogP contribution in [0, 0.1) is 0 Å². The minimum absolute atomic E-state index is 0.132. The molecule has 2 aliphatic rings. The second kappa shape index (κ2) is 4.81. The molecule has 2 fully saturated rings. The van der Waals surface area contributed by atoms with Crippen LogP contribution < -0.4 is 10.6 Å². The van der Waals surface area contributed by atoms with Crippen LogP contribution in [0.5, 0.6) is 0 Å². The summed E-state index contributed by atoms with van der Waals surface area (Å²) < 4.78 is 1.67. The number of amides is 4. The van der Waals surface area contributed by atoms with Gasteiger partial charge in [-0.15, -0.1) is 11.3 Å². The van der Waals surface area contributed by atoms with Gasteiger partial charge < -0.3 is 10.2 Å². The van der Waals surface area contributed by atoms with Crippen molar-refractivity contribution in [1.29, 1.82) is 0 Å². The molecule has 0 aliphatic carbocycles. The summed E-state index contributed by atoms with van der Waals surface area (Å²) in [5, 5.41) is 4.85. The van der Waals surface area contributed by atoms with E-state index < -0.39 is 11.6 Å². The highest BCUT2D eigenvalue weighted by Crippen LogP contribution is 2.34. The molecule has 4 amide bonds. The van der Waals surface area contributed by atoms with Crippen LogP contribution >= 0.6 is 43.2 Å². The van der Waals surface area contributed by atoms with Crippen LogP contribution in [0.25, 0.3) is 0 Å². The van der Waals surface area contributed by atoms with E-state index in [-0.39, 0.29) is 18.4 Å². The van der Waals surface area contributed by atoms with Gasteiger partial charge in [0.2, 0.25) is 0 Å². The third-order valence-electron chi connectivity index (χ3n) is 3.43. The summed E-state index contributed by atoms with van der Waals surface area (Å²) in [5.74, 6) is -0.487. The fourth-order valence-corrected chi connectivity index (χ4v) is 4.41. The van der Waals surface area contributed by atoms with E-state index in [0.717, 1.165) is 8.26 Å². The molecular formula is C11H9Br2N3O3S. The molecule has 0 radical (unpaired) electrons. The summed E-state index contributed by atoms with van der Waals surface area (Å²) in [4.78, 5) is 37.7. The molecule has 1 aromatic rings. The van der Waals surface area contributed by atoms with Gasteiger partial charge in [0.25, 0.3) is 11.8 Å².